The fraction of sp³-hybridized carbons (Fsp3) is 0.559. The van der Waals surface area contributed by atoms with Gasteiger partial charge in [-0.3, -0.25) is 29.0 Å². The van der Waals surface area contributed by atoms with E-state index in [1.807, 2.05) is 6.92 Å². The molecule has 2 aliphatic carbocycles. The highest BCUT2D eigenvalue weighted by atomic mass is 16.7. The number of carbonyl (C=O) groups excluding carboxylic acids is 5. The quantitative estimate of drug-likeness (QED) is 0.155. The van der Waals surface area contributed by atoms with Crippen molar-refractivity contribution in [2.45, 2.75) is 143 Å². The molecule has 6 heterocycles. The smallest absolute Gasteiger partial charge is 0.315 e. The number of ketones is 2. The second-order valence-electron chi connectivity index (χ2n) is 23.3. The fourth-order valence-electron chi connectivity index (χ4n) is 12.6. The Labute approximate surface area is 440 Å². The molecule has 16 nitrogen and oxygen atoms in total. The summed E-state index contributed by atoms with van der Waals surface area (Å²) in [5, 5.41) is 41.8. The minimum atomic E-state index is -1.96. The number of benzene rings is 2. The van der Waals surface area contributed by atoms with E-state index in [-0.39, 0.29) is 68.4 Å². The van der Waals surface area contributed by atoms with E-state index in [0.717, 1.165) is 32.2 Å². The Balaban J connectivity index is 0.999. The molecular weight excluding hydrogens is 955 g/mol. The third-order valence-electron chi connectivity index (χ3n) is 17.2. The molecule has 75 heavy (non-hydrogen) atoms. The molecule has 2 saturated heterocycles. The maximum absolute atomic E-state index is 14.9. The van der Waals surface area contributed by atoms with Gasteiger partial charge in [0, 0.05) is 86.9 Å². The summed E-state index contributed by atoms with van der Waals surface area (Å²) in [6, 6.07) is 8.50. The van der Waals surface area contributed by atoms with Gasteiger partial charge in [0.05, 0.1) is 41.0 Å². The first kappa shape index (κ1) is 53.7. The lowest BCUT2D eigenvalue weighted by Crippen LogP contribution is -2.50. The van der Waals surface area contributed by atoms with Crippen LogP contribution in [0, 0.1) is 41.9 Å². The van der Waals surface area contributed by atoms with E-state index in [2.05, 4.69) is 53.6 Å². The highest BCUT2D eigenvalue weighted by Crippen LogP contribution is 2.51. The number of phenols is 1. The minimum absolute atomic E-state index is 0.0224. The number of amides is 2. The fourth-order valence-corrected chi connectivity index (χ4v) is 12.6. The van der Waals surface area contributed by atoms with E-state index in [4.69, 9.17) is 19.2 Å². The van der Waals surface area contributed by atoms with Gasteiger partial charge < -0.3 is 50.0 Å². The van der Waals surface area contributed by atoms with Crippen LogP contribution in [0.15, 0.2) is 76.8 Å². The number of esters is 1. The van der Waals surface area contributed by atoms with Crippen LogP contribution in [0.3, 0.4) is 0 Å². The molecule has 5 bridgehead atoms. The average Bonchev–Trinajstić information content (AvgIpc) is 4.02. The van der Waals surface area contributed by atoms with E-state index in [0.29, 0.717) is 44.9 Å². The Morgan fingerprint density at radius 1 is 0.893 bits per heavy atom. The van der Waals surface area contributed by atoms with Crippen molar-refractivity contribution in [2.24, 2.45) is 40.0 Å². The second-order valence-corrected chi connectivity index (χ2v) is 23.3. The molecule has 8 aliphatic rings. The summed E-state index contributed by atoms with van der Waals surface area (Å²) < 4.78 is 18.7. The van der Waals surface area contributed by atoms with Crippen molar-refractivity contribution in [3.8, 4) is 11.5 Å². The van der Waals surface area contributed by atoms with Gasteiger partial charge in [-0.2, -0.15) is 0 Å². The number of Topliss-reactive ketones (excluding diaryl/α,β-unsaturated/α-hetero) is 2. The van der Waals surface area contributed by atoms with Crippen molar-refractivity contribution >= 4 is 35.1 Å². The van der Waals surface area contributed by atoms with Crippen LogP contribution >= 0.6 is 0 Å². The molecule has 402 valence electrons. The first-order chi connectivity index (χ1) is 35.5. The van der Waals surface area contributed by atoms with E-state index < -0.39 is 89.0 Å². The number of aliphatic imine (C=N–C) groups is 1. The van der Waals surface area contributed by atoms with Crippen LogP contribution in [0.2, 0.25) is 0 Å². The zero-order valence-electron chi connectivity index (χ0n) is 45.0. The van der Waals surface area contributed by atoms with Gasteiger partial charge in [0.2, 0.25) is 11.7 Å². The van der Waals surface area contributed by atoms with Crippen molar-refractivity contribution in [3.63, 3.8) is 0 Å². The Hall–Kier alpha value is -6.10. The lowest BCUT2D eigenvalue weighted by Gasteiger charge is -2.39. The van der Waals surface area contributed by atoms with Crippen LogP contribution in [0.5, 0.6) is 11.5 Å². The number of nitrogens with zero attached hydrogens (tertiary/aromatic N) is 3. The normalized spacial score (nSPS) is 31.2. The first-order valence-corrected chi connectivity index (χ1v) is 27.0. The van der Waals surface area contributed by atoms with Crippen LogP contribution < -0.4 is 15.4 Å². The second kappa shape index (κ2) is 20.8. The van der Waals surface area contributed by atoms with Gasteiger partial charge in [0.15, 0.2) is 0 Å². The molecule has 0 aromatic heterocycles. The number of rotatable bonds is 5. The summed E-state index contributed by atoms with van der Waals surface area (Å²) in [5.74, 6) is -7.28. The number of fused-ring (bicyclic) bond motifs is 14. The van der Waals surface area contributed by atoms with Crippen LogP contribution in [0.1, 0.15) is 137 Å². The van der Waals surface area contributed by atoms with Gasteiger partial charge in [-0.15, -0.1) is 0 Å². The third kappa shape index (κ3) is 10.2. The molecular formula is C59H75N5O11. The lowest BCUT2D eigenvalue weighted by atomic mass is 9.76. The molecule has 2 aromatic carbocycles. The molecule has 10 rings (SSSR count). The summed E-state index contributed by atoms with van der Waals surface area (Å²) >= 11 is 0. The number of aromatic hydroxyl groups is 1. The number of phenolic OH excluding ortho intramolecular Hbond substituents is 1. The van der Waals surface area contributed by atoms with Gasteiger partial charge in [0.1, 0.15) is 35.4 Å². The molecule has 6 aliphatic heterocycles. The number of ether oxygens (including phenoxy) is 3. The molecule has 2 spiro atoms. The molecule has 0 saturated carbocycles. The highest BCUT2D eigenvalue weighted by Gasteiger charge is 2.54. The third-order valence-corrected chi connectivity index (χ3v) is 17.2. The lowest BCUT2D eigenvalue weighted by molar-refractivity contribution is -0.162. The topological polar surface area (TPSA) is 217 Å². The maximum Gasteiger partial charge on any atom is 0.315 e. The highest BCUT2D eigenvalue weighted by molar-refractivity contribution is 6.34. The number of hydrogen-bond donors (Lipinski definition) is 5. The zero-order chi connectivity index (χ0) is 53.9. The Morgan fingerprint density at radius 2 is 1.56 bits per heavy atom. The van der Waals surface area contributed by atoms with Crippen molar-refractivity contribution in [1.29, 1.82) is 0 Å². The zero-order valence-corrected chi connectivity index (χ0v) is 45.0. The Bertz CT molecular complexity index is 2780. The summed E-state index contributed by atoms with van der Waals surface area (Å²) in [4.78, 5) is 80.7. The summed E-state index contributed by atoms with van der Waals surface area (Å²) in [7, 11) is 0. The van der Waals surface area contributed by atoms with Gasteiger partial charge in [0.25, 0.3) is 11.7 Å². The minimum Gasteiger partial charge on any atom is -0.507 e. The summed E-state index contributed by atoms with van der Waals surface area (Å²) in [6.07, 6.45) is 9.27. The molecule has 2 amide bonds. The van der Waals surface area contributed by atoms with Gasteiger partial charge >= 0.3 is 11.8 Å². The van der Waals surface area contributed by atoms with Crippen molar-refractivity contribution in [2.75, 3.05) is 32.7 Å². The SMILES string of the molecule is C/C1=C/C=C/[C@H](C)[C@H](O)[C@@H](C)[C@@H](O)[C@@H](C)[C@H](OC(=O)CC(=O)N2CCC3(CC2)Cc2ccccc2C3)[C@H](C)C/C=C/O[C@@]2(C)Oc3c(C)c(O)c4c(c3C2=O)C2=NC3(CCN(CC(C)C)CC3)NC2=C(NC1=O)C4=O. The first-order valence-electron chi connectivity index (χ1n) is 27.0. The number of piperidine rings is 2. The van der Waals surface area contributed by atoms with Crippen LogP contribution in [0.25, 0.3) is 0 Å². The molecule has 16 heteroatoms. The number of aliphatic hydroxyl groups is 2. The van der Waals surface area contributed by atoms with Crippen molar-refractivity contribution < 1.29 is 53.5 Å². The van der Waals surface area contributed by atoms with Gasteiger partial charge in [-0.05, 0) is 80.4 Å². The predicted molar refractivity (Wildman–Crippen MR) is 282 cm³/mol. The van der Waals surface area contributed by atoms with Crippen LogP contribution in [-0.2, 0) is 36.7 Å². The standard InChI is InChI=1S/C59H75N5O11/c1-32(2)31-63-23-21-59(22-24-63)61-46-43-44-51(69)38(8)54-45(43)55(71)57(9,75-54)73-27-13-16-34(4)53(74-42(66)28-41(65)64-25-19-58(20-26-64)29-39-17-10-11-18-40(39)30-58)37(7)50(68)36(6)49(67)33(3)14-12-15-35(5)56(72)60-48(52(44)70)47(46)62-59/h10-15,17-18,27,32-34,36-37,49-50,53,62,67-69H,16,19-26,28-31H2,1-9H3,(H,60,72)/b14-12+,27-13+,35-15-/t33-,34+,36+,37+,49-,50+,53+,57-/m0/s1. The van der Waals surface area contributed by atoms with Crippen molar-refractivity contribution in [1.82, 2.24) is 20.4 Å². The van der Waals surface area contributed by atoms with E-state index in [1.54, 1.807) is 63.8 Å². The van der Waals surface area contributed by atoms with Crippen LogP contribution in [-0.4, -0.2) is 123 Å². The predicted octanol–water partition coefficient (Wildman–Crippen LogP) is 6.77. The Kier molecular flexibility index (Phi) is 14.9. The number of carbonyl (C=O) groups is 5. The van der Waals surface area contributed by atoms with E-state index in [1.165, 1.54) is 24.3 Å². The van der Waals surface area contributed by atoms with Crippen molar-refractivity contribution in [3.05, 3.63) is 105 Å². The molecule has 5 N–H and O–H groups in total. The van der Waals surface area contributed by atoms with Gasteiger partial charge in [-0.1, -0.05) is 84.0 Å². The number of aliphatic hydroxyl groups excluding tert-OH is 2. The monoisotopic (exact) mass is 1030 g/mol. The molecule has 0 radical (unpaired) electrons. The molecule has 2 fully saturated rings. The Morgan fingerprint density at radius 3 is 2.21 bits per heavy atom. The number of allylic oxidation sites excluding steroid dienone is 5. The number of hydrogen-bond acceptors (Lipinski definition) is 14. The molecule has 8 atom stereocenters. The number of nitrogens with one attached hydrogen (secondary N) is 2. The maximum atomic E-state index is 14.9. The van der Waals surface area contributed by atoms with Crippen LogP contribution in [0.4, 0.5) is 0 Å². The largest absolute Gasteiger partial charge is 0.507 e. The van der Waals surface area contributed by atoms with E-state index >= 15 is 0 Å². The summed E-state index contributed by atoms with van der Waals surface area (Å²) in [6.45, 7) is 19.4. The molecule has 0 unspecified atom stereocenters. The molecule has 2 aromatic rings. The average molecular weight is 1030 g/mol. The number of likely N-dealkylation sites (tertiary alicyclic amines) is 2. The summed E-state index contributed by atoms with van der Waals surface area (Å²) in [5.41, 5.74) is 2.65. The van der Waals surface area contributed by atoms with E-state index in [9.17, 15) is 39.3 Å². The van der Waals surface area contributed by atoms with Gasteiger partial charge in [-0.25, -0.2) is 0 Å².